The summed E-state index contributed by atoms with van der Waals surface area (Å²) < 4.78 is 8.77. The maximum Gasteiger partial charge on any atom is 0.272 e. The molecular formula is C32H35N5O3S. The van der Waals surface area contributed by atoms with Crippen molar-refractivity contribution in [3.63, 3.8) is 0 Å². The van der Waals surface area contributed by atoms with Gasteiger partial charge in [-0.05, 0) is 73.0 Å². The number of carbonyl (C=O) groups is 1. The minimum Gasteiger partial charge on any atom is -0.495 e. The van der Waals surface area contributed by atoms with E-state index in [1.165, 1.54) is 5.56 Å². The zero-order chi connectivity index (χ0) is 28.5. The van der Waals surface area contributed by atoms with E-state index in [0.29, 0.717) is 22.9 Å². The number of anilines is 2. The third-order valence-corrected chi connectivity index (χ3v) is 9.18. The highest BCUT2D eigenvalue weighted by molar-refractivity contribution is 7.18. The van der Waals surface area contributed by atoms with E-state index >= 15 is 0 Å². The summed E-state index contributed by atoms with van der Waals surface area (Å²) in [5.74, 6) is 0.884. The molecule has 4 N–H and O–H groups in total. The molecule has 1 fully saturated rings. The Bertz CT molecular complexity index is 1720. The molecule has 2 aromatic carbocycles. The monoisotopic (exact) mass is 569 g/mol. The quantitative estimate of drug-likeness (QED) is 0.222. The van der Waals surface area contributed by atoms with Crippen molar-refractivity contribution >= 4 is 49.7 Å². The number of pyridine rings is 1. The number of nitrogens with zero attached hydrogens (tertiary/aromatic N) is 3. The third-order valence-electron chi connectivity index (χ3n) is 8.12. The van der Waals surface area contributed by atoms with E-state index in [2.05, 4.69) is 20.6 Å². The number of piperidine rings is 1. The van der Waals surface area contributed by atoms with Crippen molar-refractivity contribution in [3.8, 4) is 16.9 Å². The normalized spacial score (nSPS) is 14.6. The standard InChI is InChI=1S/C32H35N5O3S/c1-36-26-8-4-3-6-21(26)16-27(36)32(39)35-25-10-9-20(17-28(25)40-2)24-19-41-30-22(18-34-31(33)29(24)30)7-5-13-37-14-11-23(38)12-15-37/h3-4,6,8-10,16-19,23,38H,5,7,11-15H2,1-2H3,(H2,33,34)(H,35,39). The second-order valence-electron chi connectivity index (χ2n) is 10.7. The number of thiophene rings is 1. The first-order valence-electron chi connectivity index (χ1n) is 14.0. The highest BCUT2D eigenvalue weighted by atomic mass is 32.1. The summed E-state index contributed by atoms with van der Waals surface area (Å²) in [4.78, 5) is 20.2. The lowest BCUT2D eigenvalue weighted by Crippen LogP contribution is -2.36. The number of aliphatic hydroxyl groups excluding tert-OH is 1. The van der Waals surface area contributed by atoms with Gasteiger partial charge in [0.15, 0.2) is 0 Å². The molecule has 9 heteroatoms. The Morgan fingerprint density at radius 2 is 2.00 bits per heavy atom. The number of nitrogens with one attached hydrogen (secondary N) is 1. The minimum absolute atomic E-state index is 0.148. The minimum atomic E-state index is -0.199. The molecule has 1 aliphatic rings. The van der Waals surface area contributed by atoms with Gasteiger partial charge in [0.2, 0.25) is 0 Å². The fourth-order valence-electron chi connectivity index (χ4n) is 5.80. The van der Waals surface area contributed by atoms with Gasteiger partial charge in [0.05, 0.1) is 18.9 Å². The molecule has 0 bridgehead atoms. The molecule has 0 aliphatic carbocycles. The summed E-state index contributed by atoms with van der Waals surface area (Å²) in [7, 11) is 3.50. The van der Waals surface area contributed by atoms with Gasteiger partial charge in [-0.2, -0.15) is 0 Å². The number of amides is 1. The van der Waals surface area contributed by atoms with Crippen molar-refractivity contribution in [2.75, 3.05) is 37.8 Å². The number of carbonyl (C=O) groups excluding carboxylic acids is 1. The fraction of sp³-hybridized carbons (Fsp3) is 0.312. The van der Waals surface area contributed by atoms with Crippen LogP contribution in [0.5, 0.6) is 5.75 Å². The van der Waals surface area contributed by atoms with Crippen LogP contribution in [0.4, 0.5) is 11.5 Å². The summed E-state index contributed by atoms with van der Waals surface area (Å²) in [5.41, 5.74) is 11.8. The molecule has 1 saturated heterocycles. The maximum absolute atomic E-state index is 13.2. The van der Waals surface area contributed by atoms with Crippen LogP contribution in [0.1, 0.15) is 35.3 Å². The Balaban J connectivity index is 1.22. The topological polar surface area (TPSA) is 106 Å². The lowest BCUT2D eigenvalue weighted by atomic mass is 10.0. The second-order valence-corrected chi connectivity index (χ2v) is 11.6. The number of hydrogen-bond donors (Lipinski definition) is 3. The number of nitrogen functional groups attached to an aromatic ring is 1. The van der Waals surface area contributed by atoms with Crippen LogP contribution in [0.25, 0.3) is 32.1 Å². The van der Waals surface area contributed by atoms with E-state index in [9.17, 15) is 9.90 Å². The van der Waals surface area contributed by atoms with Gasteiger partial charge < -0.3 is 30.4 Å². The first kappa shape index (κ1) is 27.3. The summed E-state index contributed by atoms with van der Waals surface area (Å²) in [6.45, 7) is 2.93. The molecule has 0 spiro atoms. The van der Waals surface area contributed by atoms with E-state index in [1.807, 2.05) is 66.3 Å². The number of rotatable bonds is 8. The lowest BCUT2D eigenvalue weighted by molar-refractivity contribution is 0.0821. The Morgan fingerprint density at radius 3 is 2.78 bits per heavy atom. The molecule has 1 aliphatic heterocycles. The summed E-state index contributed by atoms with van der Waals surface area (Å²) in [6, 6.07) is 15.6. The van der Waals surface area contributed by atoms with Crippen LogP contribution in [0, 0.1) is 0 Å². The molecule has 1 amide bonds. The summed E-state index contributed by atoms with van der Waals surface area (Å²) >= 11 is 1.69. The Kier molecular flexibility index (Phi) is 7.66. The van der Waals surface area contributed by atoms with Gasteiger partial charge in [0.1, 0.15) is 17.3 Å². The average molecular weight is 570 g/mol. The Hall–Kier alpha value is -3.92. The van der Waals surface area contributed by atoms with Crippen LogP contribution >= 0.6 is 11.3 Å². The molecule has 8 nitrogen and oxygen atoms in total. The number of fused-ring (bicyclic) bond motifs is 2. The van der Waals surface area contributed by atoms with Crippen LogP contribution in [-0.2, 0) is 13.5 Å². The predicted octanol–water partition coefficient (Wildman–Crippen LogP) is 5.69. The molecule has 41 heavy (non-hydrogen) atoms. The van der Waals surface area contributed by atoms with Gasteiger partial charge in [-0.15, -0.1) is 11.3 Å². The molecule has 4 heterocycles. The zero-order valence-electron chi connectivity index (χ0n) is 23.4. The lowest BCUT2D eigenvalue weighted by Gasteiger charge is -2.29. The number of benzene rings is 2. The highest BCUT2D eigenvalue weighted by Crippen LogP contribution is 2.41. The van der Waals surface area contributed by atoms with Gasteiger partial charge in [-0.25, -0.2) is 4.98 Å². The predicted molar refractivity (Wildman–Crippen MR) is 167 cm³/mol. The zero-order valence-corrected chi connectivity index (χ0v) is 24.2. The van der Waals surface area contributed by atoms with Crippen molar-refractivity contribution < 1.29 is 14.6 Å². The molecule has 0 saturated carbocycles. The largest absolute Gasteiger partial charge is 0.495 e. The van der Waals surface area contributed by atoms with Crippen molar-refractivity contribution in [1.29, 1.82) is 0 Å². The SMILES string of the molecule is COc1cc(-c2csc3c(CCCN4CCC(O)CC4)cnc(N)c23)ccc1NC(=O)c1cc2ccccc2n1C. The Labute approximate surface area is 243 Å². The van der Waals surface area contributed by atoms with Crippen molar-refractivity contribution in [2.45, 2.75) is 31.8 Å². The van der Waals surface area contributed by atoms with Gasteiger partial charge >= 0.3 is 0 Å². The molecule has 0 unspecified atom stereocenters. The van der Waals surface area contributed by atoms with Crippen molar-refractivity contribution in [2.24, 2.45) is 7.05 Å². The van der Waals surface area contributed by atoms with Gasteiger partial charge in [0.25, 0.3) is 5.91 Å². The first-order chi connectivity index (χ1) is 19.9. The number of aromatic nitrogens is 2. The van der Waals surface area contributed by atoms with Gasteiger partial charge in [-0.1, -0.05) is 24.3 Å². The Morgan fingerprint density at radius 1 is 1.20 bits per heavy atom. The molecule has 5 aromatic rings. The van der Waals surface area contributed by atoms with E-state index < -0.39 is 0 Å². The smallest absolute Gasteiger partial charge is 0.272 e. The van der Waals surface area contributed by atoms with E-state index in [1.54, 1.807) is 18.4 Å². The van der Waals surface area contributed by atoms with Crippen LogP contribution in [0.15, 0.2) is 60.1 Å². The molecular weight excluding hydrogens is 534 g/mol. The van der Waals surface area contributed by atoms with E-state index in [-0.39, 0.29) is 12.0 Å². The number of aryl methyl sites for hydroxylation is 2. The van der Waals surface area contributed by atoms with Crippen LogP contribution < -0.4 is 15.8 Å². The number of nitrogens with two attached hydrogens (primary N) is 1. The molecule has 6 rings (SSSR count). The first-order valence-corrected chi connectivity index (χ1v) is 14.9. The van der Waals surface area contributed by atoms with Crippen LogP contribution in [-0.4, -0.2) is 58.3 Å². The number of aliphatic hydroxyl groups is 1. The number of ether oxygens (including phenoxy) is 1. The van der Waals surface area contributed by atoms with Gasteiger partial charge in [0, 0.05) is 52.9 Å². The second kappa shape index (κ2) is 11.5. The number of hydrogen-bond acceptors (Lipinski definition) is 7. The molecule has 212 valence electrons. The van der Waals surface area contributed by atoms with Crippen molar-refractivity contribution in [3.05, 3.63) is 71.4 Å². The number of likely N-dealkylation sites (tertiary alicyclic amines) is 1. The summed E-state index contributed by atoms with van der Waals surface area (Å²) in [6.07, 6.45) is 5.43. The van der Waals surface area contributed by atoms with E-state index in [4.69, 9.17) is 10.5 Å². The van der Waals surface area contributed by atoms with Crippen LogP contribution in [0.2, 0.25) is 0 Å². The molecule has 0 atom stereocenters. The average Bonchev–Trinajstić information content (AvgIpc) is 3.58. The fourth-order valence-corrected chi connectivity index (χ4v) is 6.93. The number of methoxy groups -OCH3 is 1. The van der Waals surface area contributed by atoms with Crippen LogP contribution in [0.3, 0.4) is 0 Å². The van der Waals surface area contributed by atoms with E-state index in [0.717, 1.165) is 77.4 Å². The summed E-state index contributed by atoms with van der Waals surface area (Å²) in [5, 5.41) is 16.9. The van der Waals surface area contributed by atoms with Gasteiger partial charge in [-0.3, -0.25) is 4.79 Å². The van der Waals surface area contributed by atoms with Crippen molar-refractivity contribution in [1.82, 2.24) is 14.5 Å². The molecule has 0 radical (unpaired) electrons. The third kappa shape index (κ3) is 5.40. The number of para-hydroxylation sites is 1. The maximum atomic E-state index is 13.2. The highest BCUT2D eigenvalue weighted by Gasteiger charge is 2.19. The molecule has 3 aromatic heterocycles.